The summed E-state index contributed by atoms with van der Waals surface area (Å²) in [5.74, 6) is -0.00857. The molecule has 0 saturated carbocycles. The van der Waals surface area contributed by atoms with E-state index in [1.165, 1.54) is 29.7 Å². The van der Waals surface area contributed by atoms with Gasteiger partial charge in [-0.3, -0.25) is 19.1 Å². The van der Waals surface area contributed by atoms with Crippen molar-refractivity contribution in [2.75, 3.05) is 26.2 Å². The predicted molar refractivity (Wildman–Crippen MR) is 128 cm³/mol. The van der Waals surface area contributed by atoms with Crippen molar-refractivity contribution in [3.63, 3.8) is 0 Å². The lowest BCUT2D eigenvalue weighted by molar-refractivity contribution is 0.0513. The van der Waals surface area contributed by atoms with Gasteiger partial charge >= 0.3 is 5.69 Å². The number of hydrogen-bond acceptors (Lipinski definition) is 4. The summed E-state index contributed by atoms with van der Waals surface area (Å²) in [6.45, 7) is 7.80. The first kappa shape index (κ1) is 21.7. The molecule has 0 atom stereocenters. The first-order chi connectivity index (χ1) is 15.9. The minimum Gasteiger partial charge on any atom is -0.345 e. The van der Waals surface area contributed by atoms with Gasteiger partial charge in [-0.15, -0.1) is 0 Å². The SMILES string of the molecule is CC(C)n1ccc2c(-n3ccc(=O)[nH]c3=O)cc(C(=O)N3CCC4(CCCNC4)CC3)cc21. The van der Waals surface area contributed by atoms with E-state index in [0.717, 1.165) is 49.9 Å². The fourth-order valence-electron chi connectivity index (χ4n) is 5.45. The van der Waals surface area contributed by atoms with Gasteiger partial charge in [0.1, 0.15) is 0 Å². The second kappa shape index (κ2) is 8.33. The zero-order valence-corrected chi connectivity index (χ0v) is 19.3. The first-order valence-electron chi connectivity index (χ1n) is 11.8. The number of rotatable bonds is 3. The summed E-state index contributed by atoms with van der Waals surface area (Å²) in [5, 5.41) is 4.39. The van der Waals surface area contributed by atoms with Gasteiger partial charge in [-0.25, -0.2) is 4.79 Å². The van der Waals surface area contributed by atoms with Crippen molar-refractivity contribution < 1.29 is 4.79 Å². The minimum atomic E-state index is -0.518. The van der Waals surface area contributed by atoms with Crippen LogP contribution in [-0.4, -0.2) is 51.1 Å². The monoisotopic (exact) mass is 449 g/mol. The number of likely N-dealkylation sites (tertiary alicyclic amines) is 1. The Labute approximate surface area is 192 Å². The molecule has 0 bridgehead atoms. The number of aromatic nitrogens is 3. The Hall–Kier alpha value is -3.13. The highest BCUT2D eigenvalue weighted by Gasteiger charge is 2.37. The zero-order valence-electron chi connectivity index (χ0n) is 19.3. The average molecular weight is 450 g/mol. The Balaban J connectivity index is 1.54. The maximum absolute atomic E-state index is 13.6. The Kier molecular flexibility index (Phi) is 5.48. The number of aromatic amines is 1. The molecule has 2 saturated heterocycles. The first-order valence-corrected chi connectivity index (χ1v) is 11.8. The molecule has 1 aromatic carbocycles. The molecule has 0 aliphatic carbocycles. The van der Waals surface area contributed by atoms with Crippen molar-refractivity contribution in [1.29, 1.82) is 0 Å². The largest absolute Gasteiger partial charge is 0.345 e. The second-order valence-corrected chi connectivity index (χ2v) is 9.80. The third-order valence-corrected chi connectivity index (χ3v) is 7.38. The molecule has 0 radical (unpaired) electrons. The van der Waals surface area contributed by atoms with E-state index in [0.29, 0.717) is 16.7 Å². The van der Waals surface area contributed by atoms with Crippen molar-refractivity contribution in [3.8, 4) is 5.69 Å². The normalized spacial score (nSPS) is 18.3. The van der Waals surface area contributed by atoms with E-state index in [4.69, 9.17) is 0 Å². The molecule has 33 heavy (non-hydrogen) atoms. The number of fused-ring (bicyclic) bond motifs is 1. The molecule has 2 N–H and O–H groups in total. The van der Waals surface area contributed by atoms with Crippen molar-refractivity contribution in [1.82, 2.24) is 24.3 Å². The average Bonchev–Trinajstić information content (AvgIpc) is 3.24. The smallest absolute Gasteiger partial charge is 0.332 e. The molecule has 3 aromatic rings. The zero-order chi connectivity index (χ0) is 23.2. The molecule has 8 heteroatoms. The van der Waals surface area contributed by atoms with Gasteiger partial charge in [0.05, 0.1) is 11.2 Å². The fraction of sp³-hybridized carbons (Fsp3) is 0.480. The van der Waals surface area contributed by atoms with Crippen LogP contribution in [0.2, 0.25) is 0 Å². The van der Waals surface area contributed by atoms with Crippen molar-refractivity contribution in [2.45, 2.75) is 45.6 Å². The summed E-state index contributed by atoms with van der Waals surface area (Å²) in [4.78, 5) is 42.0. The number of nitrogens with one attached hydrogen (secondary N) is 2. The van der Waals surface area contributed by atoms with Gasteiger partial charge in [-0.2, -0.15) is 0 Å². The summed E-state index contributed by atoms with van der Waals surface area (Å²) in [5.41, 5.74) is 1.42. The van der Waals surface area contributed by atoms with E-state index in [-0.39, 0.29) is 11.9 Å². The van der Waals surface area contributed by atoms with Gasteiger partial charge in [-0.05, 0) is 69.7 Å². The van der Waals surface area contributed by atoms with Gasteiger partial charge < -0.3 is 14.8 Å². The van der Waals surface area contributed by atoms with Crippen LogP contribution in [0.25, 0.3) is 16.6 Å². The number of hydrogen-bond donors (Lipinski definition) is 2. The summed E-state index contributed by atoms with van der Waals surface area (Å²) in [6, 6.07) is 7.19. The second-order valence-electron chi connectivity index (χ2n) is 9.80. The predicted octanol–water partition coefficient (Wildman–Crippen LogP) is 2.67. The highest BCUT2D eigenvalue weighted by molar-refractivity contribution is 6.01. The van der Waals surface area contributed by atoms with E-state index in [2.05, 4.69) is 28.7 Å². The molecule has 4 heterocycles. The number of H-pyrrole nitrogens is 1. The number of amides is 1. The third-order valence-electron chi connectivity index (χ3n) is 7.38. The minimum absolute atomic E-state index is 0.00857. The summed E-state index contributed by atoms with van der Waals surface area (Å²) >= 11 is 0. The van der Waals surface area contributed by atoms with E-state index < -0.39 is 11.2 Å². The lowest BCUT2D eigenvalue weighted by atomic mass is 9.73. The lowest BCUT2D eigenvalue weighted by Crippen LogP contribution is -2.49. The van der Waals surface area contributed by atoms with Crippen molar-refractivity contribution >= 4 is 16.8 Å². The number of nitrogens with zero attached hydrogens (tertiary/aromatic N) is 3. The van der Waals surface area contributed by atoms with Gasteiger partial charge in [0.2, 0.25) is 0 Å². The Bertz CT molecular complexity index is 1300. The van der Waals surface area contributed by atoms with Crippen molar-refractivity contribution in [2.24, 2.45) is 5.41 Å². The van der Waals surface area contributed by atoms with Crippen LogP contribution in [0.5, 0.6) is 0 Å². The molecule has 8 nitrogen and oxygen atoms in total. The van der Waals surface area contributed by atoms with E-state index in [1.807, 2.05) is 23.2 Å². The highest BCUT2D eigenvalue weighted by atomic mass is 16.2. The fourth-order valence-corrected chi connectivity index (χ4v) is 5.45. The molecule has 2 aromatic heterocycles. The van der Waals surface area contributed by atoms with Crippen LogP contribution in [-0.2, 0) is 0 Å². The Morgan fingerprint density at radius 3 is 2.52 bits per heavy atom. The van der Waals surface area contributed by atoms with Gasteiger partial charge in [0.25, 0.3) is 11.5 Å². The molecular formula is C25H31N5O3. The quantitative estimate of drug-likeness (QED) is 0.643. The summed E-state index contributed by atoms with van der Waals surface area (Å²) in [6.07, 6.45) is 7.91. The summed E-state index contributed by atoms with van der Waals surface area (Å²) < 4.78 is 3.51. The lowest BCUT2D eigenvalue weighted by Gasteiger charge is -2.44. The van der Waals surface area contributed by atoms with Crippen LogP contribution in [0.1, 0.15) is 55.9 Å². The number of piperidine rings is 2. The van der Waals surface area contributed by atoms with Crippen LogP contribution in [0.3, 0.4) is 0 Å². The third kappa shape index (κ3) is 3.93. The topological polar surface area (TPSA) is 92.1 Å². The molecule has 2 fully saturated rings. The molecule has 1 spiro atoms. The van der Waals surface area contributed by atoms with E-state index in [1.54, 1.807) is 6.07 Å². The van der Waals surface area contributed by atoms with Crippen LogP contribution in [0.4, 0.5) is 0 Å². The molecule has 0 unspecified atom stereocenters. The molecule has 5 rings (SSSR count). The standard InChI is InChI=1S/C25H31N5O3/c1-17(2)29-10-4-19-20(29)14-18(15-21(19)30-11-5-22(31)27-24(30)33)23(32)28-12-7-25(8-13-28)6-3-9-26-16-25/h4-5,10-11,14-15,17,26H,3,6-9,12-13,16H2,1-2H3,(H,27,31,33). The number of carbonyl (C=O) groups is 1. The molecule has 1 amide bonds. The van der Waals surface area contributed by atoms with Crippen LogP contribution in [0, 0.1) is 5.41 Å². The Morgan fingerprint density at radius 2 is 1.85 bits per heavy atom. The maximum atomic E-state index is 13.6. The molecular weight excluding hydrogens is 418 g/mol. The van der Waals surface area contributed by atoms with E-state index in [9.17, 15) is 14.4 Å². The van der Waals surface area contributed by atoms with Gasteiger partial charge in [-0.1, -0.05) is 0 Å². The van der Waals surface area contributed by atoms with Crippen LogP contribution < -0.4 is 16.6 Å². The summed E-state index contributed by atoms with van der Waals surface area (Å²) in [7, 11) is 0. The maximum Gasteiger partial charge on any atom is 0.332 e. The van der Waals surface area contributed by atoms with E-state index >= 15 is 0 Å². The highest BCUT2D eigenvalue weighted by Crippen LogP contribution is 2.38. The molecule has 2 aliphatic rings. The molecule has 174 valence electrons. The Morgan fingerprint density at radius 1 is 1.06 bits per heavy atom. The van der Waals surface area contributed by atoms with Gasteiger partial charge in [0.15, 0.2) is 0 Å². The van der Waals surface area contributed by atoms with Crippen molar-refractivity contribution in [3.05, 3.63) is 63.1 Å². The van der Waals surface area contributed by atoms with Crippen LogP contribution in [0.15, 0.2) is 46.2 Å². The van der Waals surface area contributed by atoms with Crippen LogP contribution >= 0.6 is 0 Å². The number of carbonyl (C=O) groups excluding carboxylic acids is 1. The van der Waals surface area contributed by atoms with Gasteiger partial charge in [0, 0.05) is 55.1 Å². The molecule has 2 aliphatic heterocycles. The number of benzene rings is 1.